The van der Waals surface area contributed by atoms with Gasteiger partial charge in [-0.15, -0.1) is 0 Å². The van der Waals surface area contributed by atoms with E-state index in [1.165, 1.54) is 212 Å². The number of esters is 2. The molecule has 0 aliphatic rings. The van der Waals surface area contributed by atoms with E-state index in [1.807, 2.05) is 0 Å². The summed E-state index contributed by atoms with van der Waals surface area (Å²) in [5.41, 5.74) is 0. The Balaban J connectivity index is 4.17. The Morgan fingerprint density at radius 3 is 1.10 bits per heavy atom. The molecule has 0 N–H and O–H groups in total. The van der Waals surface area contributed by atoms with Gasteiger partial charge in [-0.05, 0) is 38.5 Å². The van der Waals surface area contributed by atoms with Gasteiger partial charge in [0.15, 0.2) is 6.10 Å². The highest BCUT2D eigenvalue weighted by Gasteiger charge is 2.17. The maximum Gasteiger partial charge on any atom is 0.306 e. The van der Waals surface area contributed by atoms with Gasteiger partial charge in [0.05, 0.1) is 6.61 Å². The molecule has 5 nitrogen and oxygen atoms in total. The lowest BCUT2D eigenvalue weighted by Crippen LogP contribution is -2.30. The number of hydrogen-bond acceptors (Lipinski definition) is 5. The summed E-state index contributed by atoms with van der Waals surface area (Å²) in [6.07, 6.45) is 56.5. The molecule has 5 heteroatoms. The Hall–Kier alpha value is -1.36. The van der Waals surface area contributed by atoms with Crippen molar-refractivity contribution < 1.29 is 23.8 Å². The minimum atomic E-state index is -0.530. The van der Waals surface area contributed by atoms with Crippen molar-refractivity contribution in [3.05, 3.63) is 12.2 Å². The van der Waals surface area contributed by atoms with Crippen molar-refractivity contribution in [3.63, 3.8) is 0 Å². The van der Waals surface area contributed by atoms with Gasteiger partial charge >= 0.3 is 11.9 Å². The predicted octanol–water partition coefficient (Wildman–Crippen LogP) is 17.5. The Morgan fingerprint density at radius 2 is 0.690 bits per heavy atom. The van der Waals surface area contributed by atoms with Crippen LogP contribution in [0.15, 0.2) is 12.2 Å². The van der Waals surface area contributed by atoms with Crippen molar-refractivity contribution in [2.75, 3.05) is 19.8 Å². The fraction of sp³-hybridized carbons (Fsp3) is 0.925. The van der Waals surface area contributed by atoms with Crippen molar-refractivity contribution in [3.8, 4) is 0 Å². The number of carbonyl (C=O) groups is 2. The van der Waals surface area contributed by atoms with Crippen molar-refractivity contribution in [2.24, 2.45) is 0 Å². The van der Waals surface area contributed by atoms with Crippen LogP contribution in [0.2, 0.25) is 0 Å². The first kappa shape index (κ1) is 56.6. The summed E-state index contributed by atoms with van der Waals surface area (Å²) in [7, 11) is 0. The zero-order chi connectivity index (χ0) is 42.1. The highest BCUT2D eigenvalue weighted by Crippen LogP contribution is 2.16. The van der Waals surface area contributed by atoms with Crippen molar-refractivity contribution in [1.29, 1.82) is 0 Å². The van der Waals surface area contributed by atoms with Crippen LogP contribution in [0.3, 0.4) is 0 Å². The minimum Gasteiger partial charge on any atom is -0.462 e. The summed E-state index contributed by atoms with van der Waals surface area (Å²) in [6.45, 7) is 7.85. The summed E-state index contributed by atoms with van der Waals surface area (Å²) in [6, 6.07) is 0. The normalized spacial score (nSPS) is 12.1. The van der Waals surface area contributed by atoms with Gasteiger partial charge in [0.25, 0.3) is 0 Å². The van der Waals surface area contributed by atoms with Gasteiger partial charge in [0.1, 0.15) is 6.61 Å². The van der Waals surface area contributed by atoms with Gasteiger partial charge in [-0.2, -0.15) is 0 Å². The third-order valence-electron chi connectivity index (χ3n) is 11.8. The molecule has 0 aromatic heterocycles. The molecule has 1 atom stereocenters. The monoisotopic (exact) mass is 819 g/mol. The van der Waals surface area contributed by atoms with E-state index in [9.17, 15) is 9.59 Å². The van der Waals surface area contributed by atoms with E-state index in [1.54, 1.807) is 0 Å². The molecule has 0 heterocycles. The van der Waals surface area contributed by atoms with E-state index in [4.69, 9.17) is 14.2 Å². The van der Waals surface area contributed by atoms with Crippen LogP contribution < -0.4 is 0 Å². The second-order valence-corrected chi connectivity index (χ2v) is 17.8. The van der Waals surface area contributed by atoms with Crippen LogP contribution in [0.1, 0.15) is 290 Å². The lowest BCUT2D eigenvalue weighted by molar-refractivity contribution is -0.163. The van der Waals surface area contributed by atoms with E-state index in [2.05, 4.69) is 32.9 Å². The fourth-order valence-electron chi connectivity index (χ4n) is 7.85. The van der Waals surface area contributed by atoms with Crippen molar-refractivity contribution in [2.45, 2.75) is 297 Å². The second kappa shape index (κ2) is 50.0. The van der Waals surface area contributed by atoms with Gasteiger partial charge in [0.2, 0.25) is 0 Å². The molecule has 0 aliphatic carbocycles. The number of unbranched alkanes of at least 4 members (excludes halogenated alkanes) is 36. The van der Waals surface area contributed by atoms with E-state index in [0.717, 1.165) is 44.9 Å². The van der Waals surface area contributed by atoms with Crippen LogP contribution >= 0.6 is 0 Å². The summed E-state index contributed by atoms with van der Waals surface area (Å²) in [5, 5.41) is 0. The summed E-state index contributed by atoms with van der Waals surface area (Å²) in [5.74, 6) is -0.387. The molecule has 0 aromatic rings. The molecule has 0 spiro atoms. The Morgan fingerprint density at radius 1 is 0.362 bits per heavy atom. The molecule has 0 aromatic carbocycles. The van der Waals surface area contributed by atoms with Crippen LogP contribution in [0.25, 0.3) is 0 Å². The zero-order valence-corrected chi connectivity index (χ0v) is 39.6. The van der Waals surface area contributed by atoms with Gasteiger partial charge in [0, 0.05) is 19.4 Å². The SMILES string of the molecule is CCCC/C=C\CCCCCCCC(=O)O[C@H](COCCCCCCCCCCCCCCCCCC)COC(=O)CCCCCCCCCCCCCCCCC. The van der Waals surface area contributed by atoms with Crippen LogP contribution in [0.4, 0.5) is 0 Å². The maximum atomic E-state index is 12.8. The van der Waals surface area contributed by atoms with E-state index in [0.29, 0.717) is 26.1 Å². The third-order valence-corrected chi connectivity index (χ3v) is 11.8. The van der Waals surface area contributed by atoms with Crippen molar-refractivity contribution in [1.82, 2.24) is 0 Å². The Bertz CT molecular complexity index is 840. The number of ether oxygens (including phenoxy) is 3. The van der Waals surface area contributed by atoms with Gasteiger partial charge in [-0.1, -0.05) is 251 Å². The van der Waals surface area contributed by atoms with Crippen LogP contribution in [0, 0.1) is 0 Å². The molecule has 0 rings (SSSR count). The quantitative estimate of drug-likeness (QED) is 0.0348. The van der Waals surface area contributed by atoms with Gasteiger partial charge in [-0.25, -0.2) is 0 Å². The smallest absolute Gasteiger partial charge is 0.306 e. The standard InChI is InChI=1S/C53H102O5/c1-4-7-10-13-16-19-22-24-26-28-30-33-36-39-42-45-48-56-49-51(58-53(55)47-44-41-38-35-31-21-18-15-12-9-6-3)50-57-52(54)46-43-40-37-34-32-29-27-25-23-20-17-14-11-8-5-2/h15,18,51H,4-14,16-17,19-50H2,1-3H3/b18-15-/t51-/m1/s1. The minimum absolute atomic E-state index is 0.0913. The predicted molar refractivity (Wildman–Crippen MR) is 252 cm³/mol. The molecular formula is C53H102O5. The largest absolute Gasteiger partial charge is 0.462 e. The summed E-state index contributed by atoms with van der Waals surface area (Å²) in [4.78, 5) is 25.3. The van der Waals surface area contributed by atoms with Crippen LogP contribution in [-0.4, -0.2) is 37.9 Å². The van der Waals surface area contributed by atoms with E-state index >= 15 is 0 Å². The number of allylic oxidation sites excluding steroid dienone is 2. The summed E-state index contributed by atoms with van der Waals surface area (Å²) < 4.78 is 17.4. The molecule has 0 amide bonds. The van der Waals surface area contributed by atoms with Gasteiger partial charge < -0.3 is 14.2 Å². The van der Waals surface area contributed by atoms with Crippen molar-refractivity contribution >= 4 is 11.9 Å². The first-order valence-electron chi connectivity index (χ1n) is 26.2. The molecule has 0 aliphatic heterocycles. The van der Waals surface area contributed by atoms with E-state index < -0.39 is 6.10 Å². The number of hydrogen-bond donors (Lipinski definition) is 0. The second-order valence-electron chi connectivity index (χ2n) is 17.8. The average molecular weight is 819 g/mol. The Labute approximate surface area is 363 Å². The lowest BCUT2D eigenvalue weighted by Gasteiger charge is -2.18. The number of rotatable bonds is 49. The molecule has 0 unspecified atom stereocenters. The maximum absolute atomic E-state index is 12.8. The molecule has 344 valence electrons. The molecule has 0 fully saturated rings. The molecular weight excluding hydrogens is 717 g/mol. The molecule has 0 radical (unpaired) electrons. The lowest BCUT2D eigenvalue weighted by atomic mass is 10.0. The Kier molecular flexibility index (Phi) is 48.8. The topological polar surface area (TPSA) is 61.8 Å². The van der Waals surface area contributed by atoms with Crippen LogP contribution in [-0.2, 0) is 23.8 Å². The fourth-order valence-corrected chi connectivity index (χ4v) is 7.85. The summed E-state index contributed by atoms with van der Waals surface area (Å²) >= 11 is 0. The van der Waals surface area contributed by atoms with E-state index in [-0.39, 0.29) is 18.5 Å². The third kappa shape index (κ3) is 47.3. The highest BCUT2D eigenvalue weighted by molar-refractivity contribution is 5.70. The molecule has 0 saturated heterocycles. The first-order valence-corrected chi connectivity index (χ1v) is 26.2. The molecule has 58 heavy (non-hydrogen) atoms. The first-order chi connectivity index (χ1) is 28.6. The molecule has 0 bridgehead atoms. The van der Waals surface area contributed by atoms with Crippen LogP contribution in [0.5, 0.6) is 0 Å². The molecule has 0 saturated carbocycles. The average Bonchev–Trinajstić information content (AvgIpc) is 3.22. The van der Waals surface area contributed by atoms with Gasteiger partial charge in [-0.3, -0.25) is 9.59 Å². The number of carbonyl (C=O) groups excluding carboxylic acids is 2. The highest BCUT2D eigenvalue weighted by atomic mass is 16.6. The zero-order valence-electron chi connectivity index (χ0n) is 39.6.